The zero-order valence-corrected chi connectivity index (χ0v) is 11.4. The van der Waals surface area contributed by atoms with E-state index in [2.05, 4.69) is 21.1 Å². The van der Waals surface area contributed by atoms with Crippen LogP contribution in [0.25, 0.3) is 0 Å². The maximum absolute atomic E-state index is 5.59. The molecule has 0 unspecified atom stereocenters. The second-order valence-corrected chi connectivity index (χ2v) is 5.36. The maximum atomic E-state index is 5.59. The third kappa shape index (κ3) is 2.74. The maximum Gasteiger partial charge on any atom is 0.200 e. The first-order valence-corrected chi connectivity index (χ1v) is 6.81. The zero-order valence-electron chi connectivity index (χ0n) is 9.84. The summed E-state index contributed by atoms with van der Waals surface area (Å²) in [6.45, 7) is 1.14. The van der Waals surface area contributed by atoms with Crippen LogP contribution in [0.1, 0.15) is 18.4 Å². The number of fused-ring (bicyclic) bond motifs is 2. The van der Waals surface area contributed by atoms with Crippen molar-refractivity contribution in [3.63, 3.8) is 0 Å². The van der Waals surface area contributed by atoms with Crippen LogP contribution in [0.2, 0.25) is 0 Å². The van der Waals surface area contributed by atoms with Gasteiger partial charge in [-0.05, 0) is 30.5 Å². The van der Waals surface area contributed by atoms with Crippen LogP contribution in [0.15, 0.2) is 33.9 Å². The molecule has 0 radical (unpaired) electrons. The fourth-order valence-electron chi connectivity index (χ4n) is 2.06. The van der Waals surface area contributed by atoms with E-state index in [4.69, 9.17) is 14.3 Å². The van der Waals surface area contributed by atoms with Crippen molar-refractivity contribution in [2.45, 2.75) is 31.8 Å². The highest BCUT2D eigenvalue weighted by Crippen LogP contribution is 2.25. The van der Waals surface area contributed by atoms with Crippen LogP contribution in [-0.4, -0.2) is 24.7 Å². The standard InChI is InChI=1S/C13H14BrNO3/c14-10-3-1-9(2-4-10)7-17-15-12-6-5-11-8-16-13(12)18-11/h1-4,11,13H,5-8H2/b15-12+/t11-,13+/m0/s1. The van der Waals surface area contributed by atoms with Gasteiger partial charge >= 0.3 is 0 Å². The number of halogens is 1. The topological polar surface area (TPSA) is 40.0 Å². The van der Waals surface area contributed by atoms with Crippen LogP contribution in [0.4, 0.5) is 0 Å². The van der Waals surface area contributed by atoms with Gasteiger partial charge in [0.1, 0.15) is 12.3 Å². The molecule has 2 aliphatic heterocycles. The predicted octanol–water partition coefficient (Wildman–Crippen LogP) is 2.86. The molecule has 1 aromatic carbocycles. The van der Waals surface area contributed by atoms with Gasteiger partial charge in [0.05, 0.1) is 12.7 Å². The molecule has 0 spiro atoms. The Morgan fingerprint density at radius 3 is 3.00 bits per heavy atom. The van der Waals surface area contributed by atoms with E-state index in [-0.39, 0.29) is 12.4 Å². The van der Waals surface area contributed by atoms with Crippen molar-refractivity contribution in [3.8, 4) is 0 Å². The van der Waals surface area contributed by atoms with Crippen molar-refractivity contribution < 1.29 is 14.3 Å². The van der Waals surface area contributed by atoms with Crippen LogP contribution in [-0.2, 0) is 20.9 Å². The molecule has 2 heterocycles. The molecule has 0 saturated carbocycles. The van der Waals surface area contributed by atoms with E-state index in [9.17, 15) is 0 Å². The number of hydrogen-bond donors (Lipinski definition) is 0. The van der Waals surface area contributed by atoms with E-state index in [1.54, 1.807) is 0 Å². The summed E-state index contributed by atoms with van der Waals surface area (Å²) in [4.78, 5) is 5.36. The van der Waals surface area contributed by atoms with E-state index in [1.807, 2.05) is 24.3 Å². The molecule has 2 saturated heterocycles. The van der Waals surface area contributed by atoms with Gasteiger partial charge < -0.3 is 14.3 Å². The number of ether oxygens (including phenoxy) is 2. The third-order valence-corrected chi connectivity index (χ3v) is 3.60. The summed E-state index contributed by atoms with van der Waals surface area (Å²) in [6.07, 6.45) is 1.83. The first-order valence-electron chi connectivity index (χ1n) is 6.01. The Labute approximate surface area is 114 Å². The second-order valence-electron chi connectivity index (χ2n) is 4.44. The Morgan fingerprint density at radius 1 is 1.33 bits per heavy atom. The van der Waals surface area contributed by atoms with Crippen molar-refractivity contribution in [1.29, 1.82) is 0 Å². The number of hydrogen-bond acceptors (Lipinski definition) is 4. The highest BCUT2D eigenvalue weighted by Gasteiger charge is 2.35. The van der Waals surface area contributed by atoms with Crippen molar-refractivity contribution in [1.82, 2.24) is 0 Å². The Bertz CT molecular complexity index is 446. The van der Waals surface area contributed by atoms with Gasteiger partial charge in [-0.15, -0.1) is 0 Å². The average molecular weight is 312 g/mol. The molecule has 2 atom stereocenters. The molecule has 2 aliphatic rings. The number of benzene rings is 1. The molecule has 0 N–H and O–H groups in total. The molecule has 2 fully saturated rings. The number of nitrogens with zero attached hydrogens (tertiary/aromatic N) is 1. The normalized spacial score (nSPS) is 28.6. The lowest BCUT2D eigenvalue weighted by molar-refractivity contribution is -0.0210. The lowest BCUT2D eigenvalue weighted by atomic mass is 10.1. The molecule has 5 heteroatoms. The van der Waals surface area contributed by atoms with Gasteiger partial charge in [-0.2, -0.15) is 0 Å². The van der Waals surface area contributed by atoms with Crippen LogP contribution < -0.4 is 0 Å². The van der Waals surface area contributed by atoms with E-state index in [0.29, 0.717) is 13.2 Å². The zero-order chi connectivity index (χ0) is 12.4. The SMILES string of the molecule is Brc1ccc(CO/N=C2\CC[C@H]3CO[C@@H]2O3)cc1. The molecule has 2 bridgehead atoms. The van der Waals surface area contributed by atoms with Crippen LogP contribution in [0, 0.1) is 0 Å². The van der Waals surface area contributed by atoms with E-state index >= 15 is 0 Å². The van der Waals surface area contributed by atoms with E-state index in [1.165, 1.54) is 0 Å². The van der Waals surface area contributed by atoms with Gasteiger partial charge in [-0.25, -0.2) is 0 Å². The van der Waals surface area contributed by atoms with Crippen molar-refractivity contribution >= 4 is 21.6 Å². The first-order chi connectivity index (χ1) is 8.81. The minimum Gasteiger partial charge on any atom is -0.391 e. The smallest absolute Gasteiger partial charge is 0.200 e. The minimum absolute atomic E-state index is 0.250. The monoisotopic (exact) mass is 311 g/mol. The highest BCUT2D eigenvalue weighted by atomic mass is 79.9. The molecule has 96 valence electrons. The minimum atomic E-state index is -0.284. The summed E-state index contributed by atoms with van der Waals surface area (Å²) < 4.78 is 12.1. The summed E-state index contributed by atoms with van der Waals surface area (Å²) >= 11 is 3.40. The van der Waals surface area contributed by atoms with Gasteiger partial charge in [-0.3, -0.25) is 0 Å². The Morgan fingerprint density at radius 2 is 2.17 bits per heavy atom. The Hall–Kier alpha value is -0.910. The molecular weight excluding hydrogens is 298 g/mol. The van der Waals surface area contributed by atoms with Gasteiger partial charge in [0.15, 0.2) is 0 Å². The van der Waals surface area contributed by atoms with Gasteiger partial charge in [0, 0.05) is 4.47 Å². The van der Waals surface area contributed by atoms with Gasteiger partial charge in [0.25, 0.3) is 0 Å². The van der Waals surface area contributed by atoms with E-state index < -0.39 is 0 Å². The first kappa shape index (κ1) is 12.1. The molecule has 3 rings (SSSR count). The lowest BCUT2D eigenvalue weighted by Gasteiger charge is -2.18. The summed E-state index contributed by atoms with van der Waals surface area (Å²) in [5.41, 5.74) is 1.95. The Kier molecular flexibility index (Phi) is 3.63. The molecule has 0 aliphatic carbocycles. The van der Waals surface area contributed by atoms with Crippen molar-refractivity contribution in [2.24, 2.45) is 5.16 Å². The van der Waals surface area contributed by atoms with Gasteiger partial charge in [-0.1, -0.05) is 33.2 Å². The molecule has 18 heavy (non-hydrogen) atoms. The summed E-state index contributed by atoms with van der Waals surface area (Å²) in [7, 11) is 0. The molecule has 4 nitrogen and oxygen atoms in total. The quantitative estimate of drug-likeness (QED) is 0.806. The van der Waals surface area contributed by atoms with Crippen LogP contribution in [0.5, 0.6) is 0 Å². The lowest BCUT2D eigenvalue weighted by Crippen LogP contribution is -2.28. The van der Waals surface area contributed by atoms with Crippen molar-refractivity contribution in [3.05, 3.63) is 34.3 Å². The summed E-state index contributed by atoms with van der Waals surface area (Å²) in [5.74, 6) is 0. The van der Waals surface area contributed by atoms with E-state index in [0.717, 1.165) is 28.6 Å². The molecule has 0 aromatic heterocycles. The average Bonchev–Trinajstić information content (AvgIpc) is 2.77. The summed E-state index contributed by atoms with van der Waals surface area (Å²) in [6, 6.07) is 7.98. The fraction of sp³-hybridized carbons (Fsp3) is 0.462. The van der Waals surface area contributed by atoms with Crippen molar-refractivity contribution in [2.75, 3.05) is 6.61 Å². The number of oxime groups is 1. The van der Waals surface area contributed by atoms with Crippen LogP contribution >= 0.6 is 15.9 Å². The Balaban J connectivity index is 1.56. The second kappa shape index (κ2) is 5.38. The largest absolute Gasteiger partial charge is 0.391 e. The molecule has 1 aromatic rings. The summed E-state index contributed by atoms with van der Waals surface area (Å²) in [5, 5.41) is 4.13. The van der Waals surface area contributed by atoms with Gasteiger partial charge in [0.2, 0.25) is 6.29 Å². The fourth-order valence-corrected chi connectivity index (χ4v) is 2.32. The number of rotatable bonds is 3. The third-order valence-electron chi connectivity index (χ3n) is 3.07. The van der Waals surface area contributed by atoms with Crippen LogP contribution in [0.3, 0.4) is 0 Å². The molecule has 0 amide bonds. The highest BCUT2D eigenvalue weighted by molar-refractivity contribution is 9.10. The molecular formula is C13H14BrNO3. The predicted molar refractivity (Wildman–Crippen MR) is 70.2 cm³/mol.